The summed E-state index contributed by atoms with van der Waals surface area (Å²) in [7, 11) is 0. The summed E-state index contributed by atoms with van der Waals surface area (Å²) in [4.78, 5) is 36.7. The zero-order valence-electron chi connectivity index (χ0n) is 25.2. The highest BCUT2D eigenvalue weighted by molar-refractivity contribution is 6.35. The summed E-state index contributed by atoms with van der Waals surface area (Å²) in [6, 6.07) is 36.3. The Morgan fingerprint density at radius 3 is 2.30 bits per heavy atom. The molecule has 0 aliphatic carbocycles. The van der Waals surface area contributed by atoms with E-state index in [-0.39, 0.29) is 18.4 Å². The lowest BCUT2D eigenvalue weighted by molar-refractivity contribution is -0.144. The summed E-state index contributed by atoms with van der Waals surface area (Å²) in [5.74, 6) is -0.360. The molecule has 0 unspecified atom stereocenters. The van der Waals surface area contributed by atoms with Crippen molar-refractivity contribution in [3.8, 4) is 11.3 Å². The SMILES string of the molecule is O=C([C@H](Cc1ccccc1)N(Cc1ccc(-c2ccccn2)cc1)C(=O)/C=C/c1ccc(Cl)cc1Cl)N1CCc2ccccc2C1. The van der Waals surface area contributed by atoms with Gasteiger partial charge in [0.25, 0.3) is 0 Å². The number of hydrogen-bond acceptors (Lipinski definition) is 3. The number of rotatable bonds is 9. The van der Waals surface area contributed by atoms with Gasteiger partial charge in [-0.2, -0.15) is 0 Å². The number of hydrogen-bond donors (Lipinski definition) is 0. The third-order valence-electron chi connectivity index (χ3n) is 8.29. The minimum absolute atomic E-state index is 0.0743. The van der Waals surface area contributed by atoms with Crippen LogP contribution in [0.3, 0.4) is 0 Å². The van der Waals surface area contributed by atoms with Crippen LogP contribution in [0.1, 0.15) is 27.8 Å². The monoisotopic (exact) mass is 645 g/mol. The van der Waals surface area contributed by atoms with E-state index in [1.165, 1.54) is 11.6 Å². The first kappa shape index (κ1) is 31.3. The first-order valence-electron chi connectivity index (χ1n) is 15.3. The maximum absolute atomic E-state index is 14.5. The summed E-state index contributed by atoms with van der Waals surface area (Å²) in [6.45, 7) is 1.35. The maximum atomic E-state index is 14.5. The average molecular weight is 647 g/mol. The molecule has 0 saturated carbocycles. The van der Waals surface area contributed by atoms with Crippen LogP contribution in [0.5, 0.6) is 0 Å². The summed E-state index contributed by atoms with van der Waals surface area (Å²) < 4.78 is 0. The maximum Gasteiger partial charge on any atom is 0.247 e. The van der Waals surface area contributed by atoms with E-state index in [1.54, 1.807) is 35.4 Å². The predicted molar refractivity (Wildman–Crippen MR) is 185 cm³/mol. The molecule has 0 radical (unpaired) electrons. The molecular formula is C39H33Cl2N3O2. The highest BCUT2D eigenvalue weighted by Gasteiger charge is 2.34. The van der Waals surface area contributed by atoms with Crippen molar-refractivity contribution in [1.29, 1.82) is 0 Å². The Labute approximate surface area is 279 Å². The van der Waals surface area contributed by atoms with Gasteiger partial charge in [-0.05, 0) is 64.6 Å². The molecule has 4 aromatic carbocycles. The third-order valence-corrected chi connectivity index (χ3v) is 8.86. The van der Waals surface area contributed by atoms with Crippen molar-refractivity contribution in [1.82, 2.24) is 14.8 Å². The first-order chi connectivity index (χ1) is 22.4. The molecule has 1 atom stereocenters. The number of nitrogens with zero attached hydrogens (tertiary/aromatic N) is 3. The molecule has 5 aromatic rings. The molecular weight excluding hydrogens is 613 g/mol. The van der Waals surface area contributed by atoms with Crippen LogP contribution in [-0.2, 0) is 35.5 Å². The van der Waals surface area contributed by atoms with Gasteiger partial charge in [0.15, 0.2) is 0 Å². The fraction of sp³-hybridized carbons (Fsp3) is 0.154. The lowest BCUT2D eigenvalue weighted by Gasteiger charge is -2.37. The second-order valence-electron chi connectivity index (χ2n) is 11.4. The van der Waals surface area contributed by atoms with Gasteiger partial charge in [0.2, 0.25) is 11.8 Å². The Hall–Kier alpha value is -4.71. The fourth-order valence-corrected chi connectivity index (χ4v) is 6.28. The van der Waals surface area contributed by atoms with Gasteiger partial charge in [0, 0.05) is 53.9 Å². The Balaban J connectivity index is 1.35. The molecule has 0 saturated heterocycles. The number of carbonyl (C=O) groups is 2. The van der Waals surface area contributed by atoms with Gasteiger partial charge in [-0.25, -0.2) is 0 Å². The minimum Gasteiger partial charge on any atom is -0.336 e. The van der Waals surface area contributed by atoms with Crippen LogP contribution in [0.15, 0.2) is 128 Å². The molecule has 1 aliphatic heterocycles. The van der Waals surface area contributed by atoms with E-state index < -0.39 is 6.04 Å². The second-order valence-corrected chi connectivity index (χ2v) is 12.2. The highest BCUT2D eigenvalue weighted by Crippen LogP contribution is 2.25. The largest absolute Gasteiger partial charge is 0.336 e. The van der Waals surface area contributed by atoms with E-state index in [2.05, 4.69) is 17.1 Å². The van der Waals surface area contributed by atoms with Crippen molar-refractivity contribution in [3.63, 3.8) is 0 Å². The Bertz CT molecular complexity index is 1840. The number of halogens is 2. The van der Waals surface area contributed by atoms with Crippen LogP contribution >= 0.6 is 23.2 Å². The Morgan fingerprint density at radius 1 is 0.826 bits per heavy atom. The lowest BCUT2D eigenvalue weighted by atomic mass is 9.97. The van der Waals surface area contributed by atoms with E-state index in [0.29, 0.717) is 35.1 Å². The second kappa shape index (κ2) is 14.6. The van der Waals surface area contributed by atoms with Gasteiger partial charge in [-0.15, -0.1) is 0 Å². The minimum atomic E-state index is -0.735. The van der Waals surface area contributed by atoms with Gasteiger partial charge in [0.05, 0.1) is 5.69 Å². The van der Waals surface area contributed by atoms with Gasteiger partial charge >= 0.3 is 0 Å². The van der Waals surface area contributed by atoms with Crippen LogP contribution in [-0.4, -0.2) is 39.2 Å². The van der Waals surface area contributed by atoms with E-state index in [0.717, 1.165) is 34.4 Å². The van der Waals surface area contributed by atoms with Crippen molar-refractivity contribution >= 4 is 41.1 Å². The number of carbonyl (C=O) groups excluding carboxylic acids is 2. The Morgan fingerprint density at radius 2 is 1.57 bits per heavy atom. The highest BCUT2D eigenvalue weighted by atomic mass is 35.5. The molecule has 6 rings (SSSR count). The van der Waals surface area contributed by atoms with Gasteiger partial charge in [-0.3, -0.25) is 14.6 Å². The zero-order chi connectivity index (χ0) is 31.9. The molecule has 2 heterocycles. The summed E-state index contributed by atoms with van der Waals surface area (Å²) in [5.41, 5.74) is 6.79. The van der Waals surface area contributed by atoms with Crippen LogP contribution < -0.4 is 0 Å². The van der Waals surface area contributed by atoms with Gasteiger partial charge in [-0.1, -0.05) is 114 Å². The molecule has 2 amide bonds. The quantitative estimate of drug-likeness (QED) is 0.152. The summed E-state index contributed by atoms with van der Waals surface area (Å²) in [6.07, 6.45) is 6.10. The number of pyridine rings is 1. The molecule has 0 N–H and O–H groups in total. The molecule has 46 heavy (non-hydrogen) atoms. The molecule has 0 fully saturated rings. The topological polar surface area (TPSA) is 53.5 Å². The van der Waals surface area contributed by atoms with Crippen molar-refractivity contribution < 1.29 is 9.59 Å². The third kappa shape index (κ3) is 7.56. The van der Waals surface area contributed by atoms with Crippen LogP contribution in [0.25, 0.3) is 17.3 Å². The number of benzene rings is 4. The van der Waals surface area contributed by atoms with E-state index >= 15 is 0 Å². The van der Waals surface area contributed by atoms with E-state index in [1.807, 2.05) is 89.8 Å². The standard InChI is InChI=1S/C39H33Cl2N3O2/c40-34-19-17-31(35(41)25-34)18-20-38(45)44(26-29-13-15-32(16-14-29)36-12-6-7-22-42-36)37(24-28-8-2-1-3-9-28)39(46)43-23-21-30-10-4-5-11-33(30)27-43/h1-20,22,25,37H,21,23-24,26-27H2/b20-18+/t37-/m0/s1. The molecule has 1 aliphatic rings. The summed E-state index contributed by atoms with van der Waals surface area (Å²) >= 11 is 12.5. The van der Waals surface area contributed by atoms with E-state index in [4.69, 9.17) is 23.2 Å². The van der Waals surface area contributed by atoms with Crippen molar-refractivity contribution in [2.45, 2.75) is 32.0 Å². The van der Waals surface area contributed by atoms with Crippen LogP contribution in [0.2, 0.25) is 10.0 Å². The zero-order valence-corrected chi connectivity index (χ0v) is 26.7. The van der Waals surface area contributed by atoms with E-state index in [9.17, 15) is 9.59 Å². The molecule has 0 spiro atoms. The van der Waals surface area contributed by atoms with Crippen molar-refractivity contribution in [2.24, 2.45) is 0 Å². The van der Waals surface area contributed by atoms with Crippen molar-refractivity contribution in [3.05, 3.63) is 165 Å². The Kier molecular flexibility index (Phi) is 9.92. The molecule has 0 bridgehead atoms. The van der Waals surface area contributed by atoms with Crippen LogP contribution in [0.4, 0.5) is 0 Å². The smallest absolute Gasteiger partial charge is 0.247 e. The predicted octanol–water partition coefficient (Wildman–Crippen LogP) is 8.29. The van der Waals surface area contributed by atoms with Gasteiger partial charge < -0.3 is 9.80 Å². The number of amides is 2. The normalized spacial score (nSPS) is 13.3. The average Bonchev–Trinajstić information content (AvgIpc) is 3.10. The van der Waals surface area contributed by atoms with Gasteiger partial charge in [0.1, 0.15) is 6.04 Å². The molecule has 5 nitrogen and oxygen atoms in total. The van der Waals surface area contributed by atoms with Crippen LogP contribution in [0, 0.1) is 0 Å². The fourth-order valence-electron chi connectivity index (χ4n) is 5.81. The summed E-state index contributed by atoms with van der Waals surface area (Å²) in [5, 5.41) is 0.956. The van der Waals surface area contributed by atoms with Crippen molar-refractivity contribution in [2.75, 3.05) is 6.54 Å². The lowest BCUT2D eigenvalue weighted by Crippen LogP contribution is -2.52. The number of aromatic nitrogens is 1. The first-order valence-corrected chi connectivity index (χ1v) is 16.0. The number of fused-ring (bicyclic) bond motifs is 1. The molecule has 1 aromatic heterocycles. The molecule has 7 heteroatoms. The molecule has 230 valence electrons.